The number of carbonyl (C=O) groups is 3. The maximum atomic E-state index is 14.0. The molecule has 0 aliphatic heterocycles. The summed E-state index contributed by atoms with van der Waals surface area (Å²) in [5, 5.41) is 5.69. The summed E-state index contributed by atoms with van der Waals surface area (Å²) in [6.45, 7) is 1.24. The van der Waals surface area contributed by atoms with Crippen LogP contribution in [0.3, 0.4) is 0 Å². The van der Waals surface area contributed by atoms with Gasteiger partial charge in [0.05, 0.1) is 7.11 Å². The summed E-state index contributed by atoms with van der Waals surface area (Å²) in [6.07, 6.45) is -0.123. The van der Waals surface area contributed by atoms with Gasteiger partial charge < -0.3 is 15.4 Å². The molecule has 2 rings (SSSR count). The van der Waals surface area contributed by atoms with Crippen LogP contribution in [0.1, 0.15) is 18.1 Å². The Morgan fingerprint density at radius 2 is 1.60 bits per heavy atom. The molecule has 0 heterocycles. The van der Waals surface area contributed by atoms with Crippen LogP contribution >= 0.6 is 23.2 Å². The average molecular weight is 455 g/mol. The number of benzene rings is 2. The van der Waals surface area contributed by atoms with Gasteiger partial charge in [0.25, 0.3) is 0 Å². The van der Waals surface area contributed by atoms with E-state index in [1.165, 1.54) is 32.2 Å². The van der Waals surface area contributed by atoms with Crippen molar-refractivity contribution in [2.24, 2.45) is 0 Å². The number of nitrogens with one attached hydrogen (secondary N) is 2. The number of hydrogen-bond acceptors (Lipinski definition) is 4. The molecule has 0 aromatic heterocycles. The molecule has 0 fully saturated rings. The molecular formula is C21H21Cl2FN2O4. The first kappa shape index (κ1) is 23.6. The van der Waals surface area contributed by atoms with Crippen LogP contribution in [0, 0.1) is 5.82 Å². The van der Waals surface area contributed by atoms with Gasteiger partial charge in [-0.3, -0.25) is 9.59 Å². The summed E-state index contributed by atoms with van der Waals surface area (Å²) in [7, 11) is 1.18. The lowest BCUT2D eigenvalue weighted by Crippen LogP contribution is -2.53. The van der Waals surface area contributed by atoms with Gasteiger partial charge in [0.15, 0.2) is 0 Å². The van der Waals surface area contributed by atoms with Gasteiger partial charge in [-0.2, -0.15) is 0 Å². The van der Waals surface area contributed by atoms with Crippen LogP contribution in [-0.4, -0.2) is 37.0 Å². The third kappa shape index (κ3) is 6.43. The first-order valence-corrected chi connectivity index (χ1v) is 9.80. The molecule has 2 N–H and O–H groups in total. The predicted molar refractivity (Wildman–Crippen MR) is 112 cm³/mol. The number of halogens is 3. The van der Waals surface area contributed by atoms with Gasteiger partial charge in [-0.05, 0) is 29.3 Å². The molecule has 0 spiro atoms. The number of amides is 2. The topological polar surface area (TPSA) is 84.5 Å². The van der Waals surface area contributed by atoms with Gasteiger partial charge in [-0.25, -0.2) is 9.18 Å². The summed E-state index contributed by atoms with van der Waals surface area (Å²) < 4.78 is 18.8. The number of methoxy groups -OCH3 is 1. The summed E-state index contributed by atoms with van der Waals surface area (Å²) >= 11 is 12.3. The van der Waals surface area contributed by atoms with Crippen molar-refractivity contribution in [3.63, 3.8) is 0 Å². The monoisotopic (exact) mass is 454 g/mol. The number of carbonyl (C=O) groups excluding carboxylic acids is 3. The van der Waals surface area contributed by atoms with E-state index < -0.39 is 35.7 Å². The third-order valence-electron chi connectivity index (χ3n) is 4.35. The summed E-state index contributed by atoms with van der Waals surface area (Å²) in [4.78, 5) is 36.7. The standard InChI is InChI=1S/C21H21Cl2FN2O4/c1-12(27)25-18(10-13-6-3-4-9-17(13)24)20(28)26-19(21(29)30-2)11-14-15(22)7-5-8-16(14)23/h3-9,18-19H,10-11H2,1-2H3,(H,25,27)(H,26,28)/t18-,19+/m1/s1. The fraction of sp³-hybridized carbons (Fsp3) is 0.286. The first-order chi connectivity index (χ1) is 14.2. The molecule has 0 aliphatic rings. The molecule has 9 heteroatoms. The largest absolute Gasteiger partial charge is 0.467 e. The molecule has 2 atom stereocenters. The van der Waals surface area contributed by atoms with Gasteiger partial charge in [0.1, 0.15) is 17.9 Å². The minimum absolute atomic E-state index is 0.0244. The van der Waals surface area contributed by atoms with Crippen molar-refractivity contribution >= 4 is 41.0 Å². The molecule has 0 unspecified atom stereocenters. The molecule has 2 aromatic carbocycles. The van der Waals surface area contributed by atoms with Crippen molar-refractivity contribution in [3.05, 3.63) is 69.5 Å². The number of esters is 1. The molecule has 0 saturated heterocycles. The summed E-state index contributed by atoms with van der Waals surface area (Å²) in [5.41, 5.74) is 0.705. The van der Waals surface area contributed by atoms with Crippen LogP contribution in [0.2, 0.25) is 10.0 Å². The Morgan fingerprint density at radius 3 is 2.17 bits per heavy atom. The lowest BCUT2D eigenvalue weighted by Gasteiger charge is -2.23. The lowest BCUT2D eigenvalue weighted by molar-refractivity contribution is -0.145. The molecule has 2 amide bonds. The van der Waals surface area contributed by atoms with E-state index in [1.807, 2.05) is 0 Å². The zero-order valence-electron chi connectivity index (χ0n) is 16.4. The highest BCUT2D eigenvalue weighted by Gasteiger charge is 2.29. The van der Waals surface area contributed by atoms with Crippen molar-refractivity contribution in [1.82, 2.24) is 10.6 Å². The van der Waals surface area contributed by atoms with E-state index >= 15 is 0 Å². The second-order valence-electron chi connectivity index (χ2n) is 6.54. The van der Waals surface area contributed by atoms with Crippen molar-refractivity contribution in [1.29, 1.82) is 0 Å². The summed E-state index contributed by atoms with van der Waals surface area (Å²) in [6, 6.07) is 8.57. The highest BCUT2D eigenvalue weighted by molar-refractivity contribution is 6.36. The Hall–Kier alpha value is -2.64. The molecule has 0 radical (unpaired) electrons. The van der Waals surface area contributed by atoms with Crippen LogP contribution < -0.4 is 10.6 Å². The Bertz CT molecular complexity index is 919. The van der Waals surface area contributed by atoms with Gasteiger partial charge in [-0.1, -0.05) is 47.5 Å². The molecular weight excluding hydrogens is 434 g/mol. The molecule has 2 aromatic rings. The number of hydrogen-bond donors (Lipinski definition) is 2. The quantitative estimate of drug-likeness (QED) is 0.600. The van der Waals surface area contributed by atoms with Crippen molar-refractivity contribution in [2.45, 2.75) is 31.8 Å². The Labute approximate surface area is 183 Å². The highest BCUT2D eigenvalue weighted by atomic mass is 35.5. The van der Waals surface area contributed by atoms with E-state index in [2.05, 4.69) is 10.6 Å². The fourth-order valence-corrected chi connectivity index (χ4v) is 3.43. The van der Waals surface area contributed by atoms with E-state index in [0.717, 1.165) is 0 Å². The zero-order chi connectivity index (χ0) is 22.3. The van der Waals surface area contributed by atoms with E-state index in [4.69, 9.17) is 27.9 Å². The minimum Gasteiger partial charge on any atom is -0.467 e. The van der Waals surface area contributed by atoms with Crippen molar-refractivity contribution in [3.8, 4) is 0 Å². The third-order valence-corrected chi connectivity index (χ3v) is 5.06. The Balaban J connectivity index is 2.24. The second-order valence-corrected chi connectivity index (χ2v) is 7.35. The zero-order valence-corrected chi connectivity index (χ0v) is 17.9. The predicted octanol–water partition coefficient (Wildman–Crippen LogP) is 3.08. The van der Waals surface area contributed by atoms with Crippen molar-refractivity contribution < 1.29 is 23.5 Å². The average Bonchev–Trinajstić information content (AvgIpc) is 2.70. The maximum absolute atomic E-state index is 14.0. The fourth-order valence-electron chi connectivity index (χ4n) is 2.88. The minimum atomic E-state index is -1.11. The molecule has 30 heavy (non-hydrogen) atoms. The normalized spacial score (nSPS) is 12.6. The van der Waals surface area contributed by atoms with Crippen LogP contribution in [0.4, 0.5) is 4.39 Å². The van der Waals surface area contributed by atoms with Crippen LogP contribution in [0.15, 0.2) is 42.5 Å². The first-order valence-electron chi connectivity index (χ1n) is 9.04. The van der Waals surface area contributed by atoms with Gasteiger partial charge in [0, 0.05) is 29.8 Å². The Kier molecular flexibility index (Phi) is 8.62. The van der Waals surface area contributed by atoms with Crippen molar-refractivity contribution in [2.75, 3.05) is 7.11 Å². The number of rotatable bonds is 8. The van der Waals surface area contributed by atoms with Gasteiger partial charge in [0.2, 0.25) is 11.8 Å². The molecule has 0 bridgehead atoms. The Morgan fingerprint density at radius 1 is 0.967 bits per heavy atom. The molecule has 0 aliphatic carbocycles. The molecule has 160 valence electrons. The maximum Gasteiger partial charge on any atom is 0.328 e. The molecule has 0 saturated carbocycles. The van der Waals surface area contributed by atoms with Crippen LogP contribution in [-0.2, 0) is 32.0 Å². The highest BCUT2D eigenvalue weighted by Crippen LogP contribution is 2.25. The van der Waals surface area contributed by atoms with Crippen LogP contribution in [0.5, 0.6) is 0 Å². The summed E-state index contributed by atoms with van der Waals surface area (Å²) in [5.74, 6) is -2.37. The van der Waals surface area contributed by atoms with E-state index in [-0.39, 0.29) is 18.4 Å². The lowest BCUT2D eigenvalue weighted by atomic mass is 10.0. The SMILES string of the molecule is COC(=O)[C@H](Cc1c(Cl)cccc1Cl)NC(=O)[C@@H](Cc1ccccc1F)NC(C)=O. The van der Waals surface area contributed by atoms with E-state index in [0.29, 0.717) is 15.6 Å². The molecule has 6 nitrogen and oxygen atoms in total. The number of ether oxygens (including phenoxy) is 1. The van der Waals surface area contributed by atoms with Gasteiger partial charge in [-0.15, -0.1) is 0 Å². The van der Waals surface area contributed by atoms with E-state index in [1.54, 1.807) is 24.3 Å². The van der Waals surface area contributed by atoms with Crippen LogP contribution in [0.25, 0.3) is 0 Å². The second kappa shape index (κ2) is 10.9. The smallest absolute Gasteiger partial charge is 0.328 e. The van der Waals surface area contributed by atoms with Gasteiger partial charge >= 0.3 is 5.97 Å². The van der Waals surface area contributed by atoms with E-state index in [9.17, 15) is 18.8 Å².